The lowest BCUT2D eigenvalue weighted by molar-refractivity contribution is 0.553. The maximum Gasteiger partial charge on any atom is 0.137 e. The topological polar surface area (TPSA) is 12.0 Å². The Morgan fingerprint density at radius 1 is 1.15 bits per heavy atom. The maximum atomic E-state index is 13.3. The summed E-state index contributed by atoms with van der Waals surface area (Å²) in [6.45, 7) is 2.14. The minimum atomic E-state index is -0.214. The maximum absolute atomic E-state index is 13.3. The molecule has 1 nitrogen and oxygen atoms in total. The molecule has 0 amide bonds. The smallest absolute Gasteiger partial charge is 0.137 e. The fraction of sp³-hybridized carbons (Fsp3) is 0.294. The van der Waals surface area contributed by atoms with E-state index in [1.807, 2.05) is 19.2 Å². The Morgan fingerprint density at radius 2 is 1.90 bits per heavy atom. The number of benzene rings is 2. The molecule has 3 heteroatoms. The molecule has 0 spiro atoms. The second-order valence-corrected chi connectivity index (χ2v) is 5.92. The molecule has 20 heavy (non-hydrogen) atoms. The highest BCUT2D eigenvalue weighted by Crippen LogP contribution is 2.19. The van der Waals surface area contributed by atoms with E-state index in [9.17, 15) is 4.39 Å². The Kier molecular flexibility index (Phi) is 5.32. The molecule has 0 fully saturated rings. The minimum Gasteiger partial charge on any atom is -0.316 e. The highest BCUT2D eigenvalue weighted by Gasteiger charge is 2.11. The number of hydrogen-bond acceptors (Lipinski definition) is 1. The van der Waals surface area contributed by atoms with Crippen molar-refractivity contribution in [1.82, 2.24) is 5.32 Å². The Labute approximate surface area is 128 Å². The van der Waals surface area contributed by atoms with E-state index in [0.29, 0.717) is 10.5 Å². The van der Waals surface area contributed by atoms with Crippen LogP contribution < -0.4 is 5.32 Å². The van der Waals surface area contributed by atoms with Crippen LogP contribution in [0.25, 0.3) is 0 Å². The third kappa shape index (κ3) is 3.90. The zero-order chi connectivity index (χ0) is 14.5. The first-order valence-electron chi connectivity index (χ1n) is 6.76. The third-order valence-electron chi connectivity index (χ3n) is 3.60. The largest absolute Gasteiger partial charge is 0.316 e. The highest BCUT2D eigenvalue weighted by molar-refractivity contribution is 9.10. The van der Waals surface area contributed by atoms with Crippen molar-refractivity contribution >= 4 is 15.9 Å². The van der Waals surface area contributed by atoms with E-state index in [1.165, 1.54) is 17.2 Å². The lowest BCUT2D eigenvalue weighted by Gasteiger charge is -2.18. The van der Waals surface area contributed by atoms with Crippen molar-refractivity contribution in [2.45, 2.75) is 25.8 Å². The summed E-state index contributed by atoms with van der Waals surface area (Å²) in [6, 6.07) is 14.0. The zero-order valence-electron chi connectivity index (χ0n) is 11.8. The average molecular weight is 336 g/mol. The SMILES string of the molecule is CNC(Cc1ccc(F)c(Br)c1)Cc1ccccc1C. The van der Waals surface area contributed by atoms with Gasteiger partial charge in [0.05, 0.1) is 4.47 Å². The van der Waals surface area contributed by atoms with Gasteiger partial charge in [-0.15, -0.1) is 0 Å². The quantitative estimate of drug-likeness (QED) is 0.860. The molecule has 2 aromatic rings. The van der Waals surface area contributed by atoms with E-state index in [4.69, 9.17) is 0 Å². The van der Waals surface area contributed by atoms with E-state index < -0.39 is 0 Å². The summed E-state index contributed by atoms with van der Waals surface area (Å²) in [4.78, 5) is 0. The number of aryl methyl sites for hydroxylation is 1. The highest BCUT2D eigenvalue weighted by atomic mass is 79.9. The van der Waals surface area contributed by atoms with Gasteiger partial charge in [0.1, 0.15) is 5.82 Å². The van der Waals surface area contributed by atoms with Gasteiger partial charge in [0, 0.05) is 6.04 Å². The number of hydrogen-bond donors (Lipinski definition) is 1. The van der Waals surface area contributed by atoms with E-state index in [1.54, 1.807) is 0 Å². The van der Waals surface area contributed by atoms with Crippen LogP contribution in [0.15, 0.2) is 46.9 Å². The molecule has 2 rings (SSSR count). The van der Waals surface area contributed by atoms with Crippen LogP contribution in [0.3, 0.4) is 0 Å². The fourth-order valence-corrected chi connectivity index (χ4v) is 2.76. The van der Waals surface area contributed by atoms with Gasteiger partial charge in [-0.3, -0.25) is 0 Å². The summed E-state index contributed by atoms with van der Waals surface area (Å²) in [5.41, 5.74) is 3.80. The fourth-order valence-electron chi connectivity index (χ4n) is 2.33. The van der Waals surface area contributed by atoms with E-state index >= 15 is 0 Å². The van der Waals surface area contributed by atoms with Crippen LogP contribution in [0, 0.1) is 12.7 Å². The molecule has 0 aromatic heterocycles. The molecule has 0 aliphatic heterocycles. The van der Waals surface area contributed by atoms with Crippen LogP contribution in [0.2, 0.25) is 0 Å². The van der Waals surface area contributed by atoms with Gasteiger partial charge in [0.2, 0.25) is 0 Å². The number of likely N-dealkylation sites (N-methyl/N-ethyl adjacent to an activating group) is 1. The van der Waals surface area contributed by atoms with Gasteiger partial charge in [0.25, 0.3) is 0 Å². The minimum absolute atomic E-state index is 0.214. The zero-order valence-corrected chi connectivity index (χ0v) is 13.4. The molecule has 0 aliphatic rings. The Balaban J connectivity index is 2.09. The first kappa shape index (κ1) is 15.2. The summed E-state index contributed by atoms with van der Waals surface area (Å²) in [6.07, 6.45) is 1.85. The lowest BCUT2D eigenvalue weighted by atomic mass is 9.96. The summed E-state index contributed by atoms with van der Waals surface area (Å²) in [5, 5.41) is 3.35. The lowest BCUT2D eigenvalue weighted by Crippen LogP contribution is -2.30. The normalized spacial score (nSPS) is 12.4. The van der Waals surface area contributed by atoms with Gasteiger partial charge in [-0.25, -0.2) is 4.39 Å². The van der Waals surface area contributed by atoms with E-state index in [0.717, 1.165) is 18.4 Å². The predicted octanol–water partition coefficient (Wildman–Crippen LogP) is 4.27. The van der Waals surface area contributed by atoms with E-state index in [2.05, 4.69) is 52.4 Å². The van der Waals surface area contributed by atoms with Gasteiger partial charge in [-0.05, 0) is 71.6 Å². The van der Waals surface area contributed by atoms with Gasteiger partial charge >= 0.3 is 0 Å². The second-order valence-electron chi connectivity index (χ2n) is 5.07. The Hall–Kier alpha value is -1.19. The van der Waals surface area contributed by atoms with Crippen LogP contribution in [0.4, 0.5) is 4.39 Å². The molecule has 0 saturated carbocycles. The molecular formula is C17H19BrFN. The molecule has 1 N–H and O–H groups in total. The average Bonchev–Trinajstić information content (AvgIpc) is 2.44. The van der Waals surface area contributed by atoms with Crippen molar-refractivity contribution in [2.75, 3.05) is 7.05 Å². The monoisotopic (exact) mass is 335 g/mol. The van der Waals surface area contributed by atoms with Crippen molar-refractivity contribution in [3.05, 3.63) is 69.4 Å². The summed E-state index contributed by atoms with van der Waals surface area (Å²) < 4.78 is 13.8. The number of nitrogens with one attached hydrogen (secondary N) is 1. The molecule has 0 aliphatic carbocycles. The molecule has 2 aromatic carbocycles. The van der Waals surface area contributed by atoms with Crippen LogP contribution in [0.1, 0.15) is 16.7 Å². The first-order valence-corrected chi connectivity index (χ1v) is 7.55. The predicted molar refractivity (Wildman–Crippen MR) is 85.5 cm³/mol. The Morgan fingerprint density at radius 3 is 2.55 bits per heavy atom. The van der Waals surface area contributed by atoms with Crippen LogP contribution >= 0.6 is 15.9 Å². The molecular weight excluding hydrogens is 317 g/mol. The van der Waals surface area contributed by atoms with Gasteiger partial charge in [-0.1, -0.05) is 30.3 Å². The summed E-state index contributed by atoms with van der Waals surface area (Å²) in [7, 11) is 1.97. The molecule has 1 unspecified atom stereocenters. The molecule has 0 saturated heterocycles. The van der Waals surface area contributed by atoms with E-state index in [-0.39, 0.29) is 5.82 Å². The molecule has 0 bridgehead atoms. The standard InChI is InChI=1S/C17H19BrFN/c1-12-5-3-4-6-14(12)11-15(20-2)9-13-7-8-17(19)16(18)10-13/h3-8,10,15,20H,9,11H2,1-2H3. The number of halogens is 2. The van der Waals surface area contributed by atoms with Crippen molar-refractivity contribution < 1.29 is 4.39 Å². The summed E-state index contributed by atoms with van der Waals surface area (Å²) in [5.74, 6) is -0.214. The van der Waals surface area contributed by atoms with Crippen LogP contribution in [0.5, 0.6) is 0 Å². The van der Waals surface area contributed by atoms with Gasteiger partial charge in [-0.2, -0.15) is 0 Å². The molecule has 1 atom stereocenters. The third-order valence-corrected chi connectivity index (χ3v) is 4.21. The second kappa shape index (κ2) is 7.00. The Bertz CT molecular complexity index is 583. The van der Waals surface area contributed by atoms with Gasteiger partial charge in [0.15, 0.2) is 0 Å². The van der Waals surface area contributed by atoms with Crippen molar-refractivity contribution in [1.29, 1.82) is 0 Å². The molecule has 0 heterocycles. The molecule has 0 radical (unpaired) electrons. The molecule has 106 valence electrons. The van der Waals surface area contributed by atoms with Crippen LogP contribution in [-0.2, 0) is 12.8 Å². The summed E-state index contributed by atoms with van der Waals surface area (Å²) >= 11 is 3.24. The van der Waals surface area contributed by atoms with Crippen LogP contribution in [-0.4, -0.2) is 13.1 Å². The first-order chi connectivity index (χ1) is 9.60. The number of rotatable bonds is 5. The van der Waals surface area contributed by atoms with Crippen molar-refractivity contribution in [3.63, 3.8) is 0 Å². The van der Waals surface area contributed by atoms with Gasteiger partial charge < -0.3 is 5.32 Å². The van der Waals surface area contributed by atoms with Crippen molar-refractivity contribution in [3.8, 4) is 0 Å². The van der Waals surface area contributed by atoms with Crippen molar-refractivity contribution in [2.24, 2.45) is 0 Å².